The SMILES string of the molecule is CCN1C(=O)N(c2ccccc2)C(=O)C2COCC21. The van der Waals surface area contributed by atoms with Crippen molar-refractivity contribution >= 4 is 17.6 Å². The van der Waals surface area contributed by atoms with Gasteiger partial charge in [0, 0.05) is 6.54 Å². The Morgan fingerprint density at radius 1 is 1.21 bits per heavy atom. The first-order chi connectivity index (χ1) is 9.24. The minimum absolute atomic E-state index is 0.107. The van der Waals surface area contributed by atoms with Gasteiger partial charge < -0.3 is 9.64 Å². The van der Waals surface area contributed by atoms with Gasteiger partial charge in [-0.2, -0.15) is 0 Å². The van der Waals surface area contributed by atoms with E-state index >= 15 is 0 Å². The first-order valence-electron chi connectivity index (χ1n) is 6.51. The number of para-hydroxylation sites is 1. The van der Waals surface area contributed by atoms with Gasteiger partial charge in [0.05, 0.1) is 30.9 Å². The van der Waals surface area contributed by atoms with E-state index in [0.29, 0.717) is 25.4 Å². The number of fused-ring (bicyclic) bond motifs is 1. The normalized spacial score (nSPS) is 26.8. The van der Waals surface area contributed by atoms with Crippen LogP contribution in [0.4, 0.5) is 10.5 Å². The average Bonchev–Trinajstić information content (AvgIpc) is 2.90. The van der Waals surface area contributed by atoms with E-state index in [0.717, 1.165) is 0 Å². The molecule has 19 heavy (non-hydrogen) atoms. The van der Waals surface area contributed by atoms with Crippen molar-refractivity contribution in [2.45, 2.75) is 13.0 Å². The van der Waals surface area contributed by atoms with Crippen molar-refractivity contribution in [3.8, 4) is 0 Å². The lowest BCUT2D eigenvalue weighted by molar-refractivity contribution is -0.124. The molecular weight excluding hydrogens is 244 g/mol. The number of carbonyl (C=O) groups excluding carboxylic acids is 2. The standard InChI is InChI=1S/C14H16N2O3/c1-2-15-12-9-19-8-11(12)13(17)16(14(15)18)10-6-4-3-5-7-10/h3-7,11-12H,2,8-9H2,1H3. The molecule has 1 aromatic rings. The molecule has 0 saturated carbocycles. The fourth-order valence-electron chi connectivity index (χ4n) is 2.80. The van der Waals surface area contributed by atoms with Crippen LogP contribution in [0, 0.1) is 5.92 Å². The number of urea groups is 1. The van der Waals surface area contributed by atoms with Crippen molar-refractivity contribution in [2.24, 2.45) is 5.92 Å². The van der Waals surface area contributed by atoms with E-state index in [2.05, 4.69) is 0 Å². The molecule has 0 aromatic heterocycles. The van der Waals surface area contributed by atoms with Crippen LogP contribution in [0.5, 0.6) is 0 Å². The fraction of sp³-hybridized carbons (Fsp3) is 0.429. The van der Waals surface area contributed by atoms with Crippen LogP contribution in [0.2, 0.25) is 0 Å². The Balaban J connectivity index is 2.00. The van der Waals surface area contributed by atoms with Gasteiger partial charge in [-0.25, -0.2) is 9.69 Å². The summed E-state index contributed by atoms with van der Waals surface area (Å²) in [4.78, 5) is 28.0. The number of anilines is 1. The molecule has 2 aliphatic heterocycles. The average molecular weight is 260 g/mol. The van der Waals surface area contributed by atoms with Crippen LogP contribution in [-0.4, -0.2) is 42.6 Å². The lowest BCUT2D eigenvalue weighted by Gasteiger charge is -2.40. The fourth-order valence-corrected chi connectivity index (χ4v) is 2.80. The number of likely N-dealkylation sites (N-methyl/N-ethyl adjacent to an activating group) is 1. The van der Waals surface area contributed by atoms with Crippen LogP contribution in [-0.2, 0) is 9.53 Å². The molecule has 0 N–H and O–H groups in total. The third kappa shape index (κ3) is 1.81. The van der Waals surface area contributed by atoms with Crippen LogP contribution in [0.1, 0.15) is 6.92 Å². The van der Waals surface area contributed by atoms with Gasteiger partial charge in [0.1, 0.15) is 0 Å². The highest BCUT2D eigenvalue weighted by Crippen LogP contribution is 2.31. The predicted molar refractivity (Wildman–Crippen MR) is 69.8 cm³/mol. The molecule has 1 aromatic carbocycles. The largest absolute Gasteiger partial charge is 0.378 e. The Morgan fingerprint density at radius 3 is 2.63 bits per heavy atom. The molecule has 5 nitrogen and oxygen atoms in total. The van der Waals surface area contributed by atoms with Crippen LogP contribution in [0.25, 0.3) is 0 Å². The van der Waals surface area contributed by atoms with Crippen LogP contribution in [0.15, 0.2) is 30.3 Å². The second-order valence-electron chi connectivity index (χ2n) is 4.79. The molecule has 2 atom stereocenters. The van der Waals surface area contributed by atoms with E-state index in [1.807, 2.05) is 25.1 Å². The Bertz CT molecular complexity index is 503. The Kier molecular flexibility index (Phi) is 2.98. The van der Waals surface area contributed by atoms with Gasteiger partial charge >= 0.3 is 6.03 Å². The number of hydrogen-bond acceptors (Lipinski definition) is 3. The van der Waals surface area contributed by atoms with Gasteiger partial charge in [0.25, 0.3) is 0 Å². The molecule has 3 amide bonds. The number of hydrogen-bond donors (Lipinski definition) is 0. The van der Waals surface area contributed by atoms with Gasteiger partial charge in [0.15, 0.2) is 0 Å². The first kappa shape index (κ1) is 12.2. The zero-order chi connectivity index (χ0) is 13.4. The summed E-state index contributed by atoms with van der Waals surface area (Å²) in [6.07, 6.45) is 0. The predicted octanol–water partition coefficient (Wildman–Crippen LogP) is 1.49. The maximum absolute atomic E-state index is 12.5. The molecule has 5 heteroatoms. The maximum atomic E-state index is 12.5. The zero-order valence-electron chi connectivity index (χ0n) is 10.8. The highest BCUT2D eigenvalue weighted by molar-refractivity contribution is 6.17. The Hall–Kier alpha value is -1.88. The van der Waals surface area contributed by atoms with Gasteiger partial charge in [-0.3, -0.25) is 4.79 Å². The molecular formula is C14H16N2O3. The van der Waals surface area contributed by atoms with Crippen molar-refractivity contribution in [2.75, 3.05) is 24.7 Å². The summed E-state index contributed by atoms with van der Waals surface area (Å²) in [5.41, 5.74) is 0.626. The third-order valence-corrected chi connectivity index (χ3v) is 3.78. The summed E-state index contributed by atoms with van der Waals surface area (Å²) in [6, 6.07) is 8.71. The van der Waals surface area contributed by atoms with E-state index in [1.54, 1.807) is 17.0 Å². The molecule has 100 valence electrons. The monoisotopic (exact) mass is 260 g/mol. The van der Waals surface area contributed by atoms with E-state index in [1.165, 1.54) is 4.90 Å². The second kappa shape index (κ2) is 4.66. The molecule has 0 radical (unpaired) electrons. The molecule has 3 rings (SSSR count). The smallest absolute Gasteiger partial charge is 0.331 e. The molecule has 0 aliphatic carbocycles. The van der Waals surface area contributed by atoms with E-state index in [4.69, 9.17) is 4.74 Å². The molecule has 0 spiro atoms. The molecule has 2 heterocycles. The van der Waals surface area contributed by atoms with Crippen molar-refractivity contribution in [3.63, 3.8) is 0 Å². The Morgan fingerprint density at radius 2 is 1.95 bits per heavy atom. The second-order valence-corrected chi connectivity index (χ2v) is 4.79. The van der Waals surface area contributed by atoms with Gasteiger partial charge in [-0.15, -0.1) is 0 Å². The first-order valence-corrected chi connectivity index (χ1v) is 6.51. The highest BCUT2D eigenvalue weighted by atomic mass is 16.5. The third-order valence-electron chi connectivity index (χ3n) is 3.78. The van der Waals surface area contributed by atoms with Gasteiger partial charge in [-0.05, 0) is 19.1 Å². The van der Waals surface area contributed by atoms with Crippen molar-refractivity contribution in [1.29, 1.82) is 0 Å². The number of amides is 3. The van der Waals surface area contributed by atoms with Crippen LogP contribution in [0.3, 0.4) is 0 Å². The van der Waals surface area contributed by atoms with Crippen molar-refractivity contribution in [1.82, 2.24) is 4.90 Å². The molecule has 2 aliphatic rings. The summed E-state index contributed by atoms with van der Waals surface area (Å²) < 4.78 is 5.39. The number of nitrogens with zero attached hydrogens (tertiary/aromatic N) is 2. The summed E-state index contributed by atoms with van der Waals surface area (Å²) >= 11 is 0. The van der Waals surface area contributed by atoms with Crippen LogP contribution < -0.4 is 4.90 Å². The highest BCUT2D eigenvalue weighted by Gasteiger charge is 2.49. The van der Waals surface area contributed by atoms with Crippen LogP contribution >= 0.6 is 0 Å². The molecule has 0 bridgehead atoms. The minimum atomic E-state index is -0.245. The van der Waals surface area contributed by atoms with E-state index in [9.17, 15) is 9.59 Å². The number of carbonyl (C=O) groups is 2. The van der Waals surface area contributed by atoms with Gasteiger partial charge in [0.2, 0.25) is 5.91 Å². The van der Waals surface area contributed by atoms with Crippen molar-refractivity contribution in [3.05, 3.63) is 30.3 Å². The molecule has 2 fully saturated rings. The quantitative estimate of drug-likeness (QED) is 0.809. The topological polar surface area (TPSA) is 49.9 Å². The van der Waals surface area contributed by atoms with Crippen molar-refractivity contribution < 1.29 is 14.3 Å². The minimum Gasteiger partial charge on any atom is -0.378 e. The molecule has 2 unspecified atom stereocenters. The lowest BCUT2D eigenvalue weighted by atomic mass is 9.97. The zero-order valence-corrected chi connectivity index (χ0v) is 10.8. The number of imide groups is 1. The Labute approximate surface area is 111 Å². The summed E-state index contributed by atoms with van der Waals surface area (Å²) in [5.74, 6) is -0.388. The number of ether oxygens (including phenoxy) is 1. The van der Waals surface area contributed by atoms with E-state index < -0.39 is 0 Å². The van der Waals surface area contributed by atoms with Gasteiger partial charge in [-0.1, -0.05) is 18.2 Å². The maximum Gasteiger partial charge on any atom is 0.331 e. The van der Waals surface area contributed by atoms with E-state index in [-0.39, 0.29) is 23.9 Å². The summed E-state index contributed by atoms with van der Waals surface area (Å²) in [6.45, 7) is 3.36. The summed E-state index contributed by atoms with van der Waals surface area (Å²) in [5, 5.41) is 0. The molecule has 2 saturated heterocycles. The summed E-state index contributed by atoms with van der Waals surface area (Å²) in [7, 11) is 0. The lowest BCUT2D eigenvalue weighted by Crippen LogP contribution is -2.61. The number of benzene rings is 1. The number of rotatable bonds is 2.